The van der Waals surface area contributed by atoms with E-state index in [0.29, 0.717) is 11.8 Å². The first-order valence-electron chi connectivity index (χ1n) is 8.88. The number of anilines is 5. The summed E-state index contributed by atoms with van der Waals surface area (Å²) in [6.07, 6.45) is 2.58. The molecule has 1 aliphatic heterocycles. The number of fused-ring (bicyclic) bond motifs is 1. The van der Waals surface area contributed by atoms with Gasteiger partial charge in [0, 0.05) is 24.1 Å². The predicted octanol–water partition coefficient (Wildman–Crippen LogP) is 2.59. The van der Waals surface area contributed by atoms with E-state index in [0.717, 1.165) is 24.3 Å². The van der Waals surface area contributed by atoms with Gasteiger partial charge in [0.1, 0.15) is 16.5 Å². The molecule has 0 saturated heterocycles. The van der Waals surface area contributed by atoms with Crippen LogP contribution in [-0.2, 0) is 16.4 Å². The largest absolute Gasteiger partial charge is 0.495 e. The minimum absolute atomic E-state index is 0.139. The van der Waals surface area contributed by atoms with Crippen molar-refractivity contribution in [2.45, 2.75) is 11.3 Å². The molecular weight excluding hydrogens is 392 g/mol. The Morgan fingerprint density at radius 3 is 2.83 bits per heavy atom. The first-order chi connectivity index (χ1) is 13.9. The normalized spacial score (nSPS) is 12.8. The van der Waals surface area contributed by atoms with E-state index >= 15 is 0 Å². The Bertz CT molecular complexity index is 1170. The number of aromatic nitrogens is 2. The van der Waals surface area contributed by atoms with Crippen LogP contribution in [0, 0.1) is 0 Å². The summed E-state index contributed by atoms with van der Waals surface area (Å²) in [6.45, 7) is 0.932. The number of nitrogens with zero attached hydrogens (tertiary/aromatic N) is 2. The van der Waals surface area contributed by atoms with E-state index in [1.165, 1.54) is 18.7 Å². The van der Waals surface area contributed by atoms with Crippen molar-refractivity contribution in [2.24, 2.45) is 5.14 Å². The highest BCUT2D eigenvalue weighted by atomic mass is 32.2. The van der Waals surface area contributed by atoms with Crippen molar-refractivity contribution in [1.29, 1.82) is 0 Å². The molecule has 0 unspecified atom stereocenters. The van der Waals surface area contributed by atoms with Crippen molar-refractivity contribution >= 4 is 38.9 Å². The average molecular weight is 412 g/mol. The average Bonchev–Trinajstić information content (AvgIpc) is 3.15. The number of hydrogen-bond acceptors (Lipinski definition) is 8. The third-order valence-electron chi connectivity index (χ3n) is 4.48. The van der Waals surface area contributed by atoms with Crippen molar-refractivity contribution in [2.75, 3.05) is 29.6 Å². The molecule has 0 saturated carbocycles. The lowest BCUT2D eigenvalue weighted by molar-refractivity contribution is 0.403. The fourth-order valence-electron chi connectivity index (χ4n) is 3.19. The van der Waals surface area contributed by atoms with Gasteiger partial charge >= 0.3 is 0 Å². The summed E-state index contributed by atoms with van der Waals surface area (Å²) in [4.78, 5) is 8.49. The van der Waals surface area contributed by atoms with Gasteiger partial charge in [-0.25, -0.2) is 18.5 Å². The molecule has 0 atom stereocenters. The molecule has 0 radical (unpaired) electrons. The SMILES string of the molecule is COc1cccc(Nc2ccnc(Nc3ccc4c(c3)NCC4)n2)c1S(N)(=O)=O. The number of sulfonamides is 1. The first-order valence-corrected chi connectivity index (χ1v) is 10.4. The lowest BCUT2D eigenvalue weighted by atomic mass is 10.1. The van der Waals surface area contributed by atoms with Gasteiger partial charge in [0.2, 0.25) is 16.0 Å². The van der Waals surface area contributed by atoms with Crippen LogP contribution in [-0.4, -0.2) is 32.0 Å². The number of rotatable bonds is 6. The van der Waals surface area contributed by atoms with Crippen LogP contribution >= 0.6 is 0 Å². The molecule has 4 rings (SSSR count). The second-order valence-corrected chi connectivity index (χ2v) is 7.94. The molecule has 2 aromatic carbocycles. The zero-order valence-corrected chi connectivity index (χ0v) is 16.5. The molecule has 0 bridgehead atoms. The monoisotopic (exact) mass is 412 g/mol. The molecule has 0 amide bonds. The topological polar surface area (TPSA) is 131 Å². The number of primary sulfonamides is 1. The molecule has 3 aromatic rings. The lowest BCUT2D eigenvalue weighted by Gasteiger charge is -2.14. The lowest BCUT2D eigenvalue weighted by Crippen LogP contribution is -2.15. The van der Waals surface area contributed by atoms with Crippen molar-refractivity contribution < 1.29 is 13.2 Å². The van der Waals surface area contributed by atoms with Crippen LogP contribution < -0.4 is 25.8 Å². The number of methoxy groups -OCH3 is 1. The minimum Gasteiger partial charge on any atom is -0.495 e. The molecule has 0 fully saturated rings. The fourth-order valence-corrected chi connectivity index (χ4v) is 4.05. The molecule has 9 nitrogen and oxygen atoms in total. The fraction of sp³-hybridized carbons (Fsp3) is 0.158. The predicted molar refractivity (Wildman–Crippen MR) is 112 cm³/mol. The summed E-state index contributed by atoms with van der Waals surface area (Å²) < 4.78 is 29.2. The van der Waals surface area contributed by atoms with Crippen molar-refractivity contribution in [3.8, 4) is 5.75 Å². The van der Waals surface area contributed by atoms with Crippen LogP contribution in [0.4, 0.5) is 28.8 Å². The summed E-state index contributed by atoms with van der Waals surface area (Å²) in [5, 5.41) is 14.8. The van der Waals surface area contributed by atoms with E-state index in [-0.39, 0.29) is 16.3 Å². The third kappa shape index (κ3) is 4.08. The molecule has 29 heavy (non-hydrogen) atoms. The highest BCUT2D eigenvalue weighted by Crippen LogP contribution is 2.32. The Morgan fingerprint density at radius 1 is 1.17 bits per heavy atom. The Morgan fingerprint density at radius 2 is 2.03 bits per heavy atom. The van der Waals surface area contributed by atoms with Gasteiger partial charge in [-0.15, -0.1) is 0 Å². The molecule has 1 aromatic heterocycles. The quantitative estimate of drug-likeness (QED) is 0.486. The van der Waals surface area contributed by atoms with E-state index in [1.807, 2.05) is 12.1 Å². The van der Waals surface area contributed by atoms with Gasteiger partial charge in [-0.1, -0.05) is 12.1 Å². The Balaban J connectivity index is 1.60. The van der Waals surface area contributed by atoms with Gasteiger partial charge in [-0.2, -0.15) is 4.98 Å². The highest BCUT2D eigenvalue weighted by molar-refractivity contribution is 7.89. The zero-order chi connectivity index (χ0) is 20.4. The molecule has 5 N–H and O–H groups in total. The summed E-state index contributed by atoms with van der Waals surface area (Å²) >= 11 is 0. The van der Waals surface area contributed by atoms with Crippen LogP contribution in [0.3, 0.4) is 0 Å². The van der Waals surface area contributed by atoms with Crippen LogP contribution in [0.15, 0.2) is 53.6 Å². The summed E-state index contributed by atoms with van der Waals surface area (Å²) in [6, 6.07) is 12.4. The molecule has 150 valence electrons. The second-order valence-electron chi connectivity index (χ2n) is 6.45. The van der Waals surface area contributed by atoms with E-state index in [4.69, 9.17) is 9.88 Å². The second kappa shape index (κ2) is 7.57. The summed E-state index contributed by atoms with van der Waals surface area (Å²) in [5.41, 5.74) is 3.49. The van der Waals surface area contributed by atoms with E-state index < -0.39 is 10.0 Å². The van der Waals surface area contributed by atoms with Gasteiger partial charge in [0.25, 0.3) is 0 Å². The van der Waals surface area contributed by atoms with Crippen LogP contribution in [0.1, 0.15) is 5.56 Å². The maximum absolute atomic E-state index is 12.0. The van der Waals surface area contributed by atoms with Crippen LogP contribution in [0.25, 0.3) is 0 Å². The van der Waals surface area contributed by atoms with Crippen molar-refractivity contribution in [1.82, 2.24) is 9.97 Å². The zero-order valence-electron chi connectivity index (χ0n) is 15.6. The van der Waals surface area contributed by atoms with E-state index in [2.05, 4.69) is 32.0 Å². The highest BCUT2D eigenvalue weighted by Gasteiger charge is 2.20. The van der Waals surface area contributed by atoms with E-state index in [9.17, 15) is 8.42 Å². The first kappa shape index (κ1) is 19.0. The van der Waals surface area contributed by atoms with E-state index in [1.54, 1.807) is 24.4 Å². The number of ether oxygens (including phenoxy) is 1. The molecular formula is C19H20N6O3S. The molecule has 0 spiro atoms. The van der Waals surface area contributed by atoms with Crippen LogP contribution in [0.2, 0.25) is 0 Å². The standard InChI is InChI=1S/C19H20N6O3S/c1-28-16-4-2-3-14(18(16)29(20,26)27)24-17-8-10-22-19(25-17)23-13-6-5-12-7-9-21-15(12)11-13/h2-6,8,10-11,21H,7,9H2,1H3,(H2,20,26,27)(H2,22,23,24,25). The number of benzene rings is 2. The van der Waals surface area contributed by atoms with Gasteiger partial charge in [-0.05, 0) is 42.3 Å². The van der Waals surface area contributed by atoms with Crippen molar-refractivity contribution in [3.63, 3.8) is 0 Å². The van der Waals surface area contributed by atoms with Gasteiger partial charge < -0.3 is 20.7 Å². The Hall–Kier alpha value is -3.37. The Labute approximate surface area is 168 Å². The van der Waals surface area contributed by atoms with Gasteiger partial charge in [-0.3, -0.25) is 0 Å². The molecule has 1 aliphatic rings. The smallest absolute Gasteiger partial charge is 0.243 e. The Kier molecular flexibility index (Phi) is 4.95. The van der Waals surface area contributed by atoms with Gasteiger partial charge in [0.15, 0.2) is 0 Å². The number of nitrogens with one attached hydrogen (secondary N) is 3. The van der Waals surface area contributed by atoms with Gasteiger partial charge in [0.05, 0.1) is 12.8 Å². The number of hydrogen-bond donors (Lipinski definition) is 4. The van der Waals surface area contributed by atoms with Crippen LogP contribution in [0.5, 0.6) is 5.75 Å². The number of nitrogens with two attached hydrogens (primary N) is 1. The molecule has 0 aliphatic carbocycles. The minimum atomic E-state index is -4.01. The summed E-state index contributed by atoms with van der Waals surface area (Å²) in [5.74, 6) is 0.920. The molecule has 10 heteroatoms. The molecule has 2 heterocycles. The third-order valence-corrected chi connectivity index (χ3v) is 5.47. The summed E-state index contributed by atoms with van der Waals surface area (Å²) in [7, 11) is -2.63. The maximum atomic E-state index is 12.0. The van der Waals surface area contributed by atoms with Crippen molar-refractivity contribution in [3.05, 3.63) is 54.2 Å². The maximum Gasteiger partial charge on any atom is 0.243 e.